The molecule has 0 heterocycles. The molecule has 19 heavy (non-hydrogen) atoms. The maximum Gasteiger partial charge on any atom is 0.211 e. The van der Waals surface area contributed by atoms with E-state index in [0.717, 1.165) is 45.4 Å². The predicted molar refractivity (Wildman–Crippen MR) is 79.9 cm³/mol. The second kappa shape index (κ2) is 12.8. The van der Waals surface area contributed by atoms with Crippen molar-refractivity contribution in [3.05, 3.63) is 0 Å². The summed E-state index contributed by atoms with van der Waals surface area (Å²) in [6, 6.07) is 0. The molecule has 0 aromatic carbocycles. The van der Waals surface area contributed by atoms with Crippen LogP contribution in [0.3, 0.4) is 0 Å². The molecule has 0 aromatic heterocycles. The number of unbranched alkanes of at least 4 members (excludes halogenated alkanes) is 2. The minimum atomic E-state index is -3.10. The van der Waals surface area contributed by atoms with Crippen LogP contribution in [0.25, 0.3) is 0 Å². The quantitative estimate of drug-likeness (QED) is 0.477. The zero-order valence-electron chi connectivity index (χ0n) is 12.4. The van der Waals surface area contributed by atoms with Crippen LogP contribution in [-0.4, -0.2) is 47.0 Å². The standard InChI is InChI=1S/C13H30N2O3S/c1-3-5-11-18-12-8-10-15-19(16,17)13-7-6-9-14-4-2/h14-15H,3-13H2,1-2H3. The van der Waals surface area contributed by atoms with Crippen LogP contribution in [0, 0.1) is 0 Å². The van der Waals surface area contributed by atoms with Crippen LogP contribution in [0.4, 0.5) is 0 Å². The van der Waals surface area contributed by atoms with E-state index in [-0.39, 0.29) is 5.75 Å². The van der Waals surface area contributed by atoms with Gasteiger partial charge in [-0.25, -0.2) is 13.1 Å². The lowest BCUT2D eigenvalue weighted by atomic mass is 10.3. The van der Waals surface area contributed by atoms with E-state index in [1.54, 1.807) is 0 Å². The van der Waals surface area contributed by atoms with Gasteiger partial charge in [0.15, 0.2) is 0 Å². The molecule has 0 spiro atoms. The van der Waals surface area contributed by atoms with E-state index in [1.807, 2.05) is 6.92 Å². The van der Waals surface area contributed by atoms with Crippen LogP contribution >= 0.6 is 0 Å². The Bertz CT molecular complexity index is 282. The summed E-state index contributed by atoms with van der Waals surface area (Å²) in [5.41, 5.74) is 0. The maximum atomic E-state index is 11.6. The minimum absolute atomic E-state index is 0.217. The lowest BCUT2D eigenvalue weighted by Crippen LogP contribution is -2.28. The highest BCUT2D eigenvalue weighted by atomic mass is 32.2. The molecule has 0 atom stereocenters. The van der Waals surface area contributed by atoms with Crippen molar-refractivity contribution in [2.75, 3.05) is 38.6 Å². The van der Waals surface area contributed by atoms with Crippen LogP contribution in [0.1, 0.15) is 46.0 Å². The first-order valence-electron chi connectivity index (χ1n) is 7.38. The predicted octanol–water partition coefficient (Wildman–Crippen LogP) is 1.50. The Morgan fingerprint density at radius 3 is 2.37 bits per heavy atom. The van der Waals surface area contributed by atoms with Gasteiger partial charge in [-0.15, -0.1) is 0 Å². The minimum Gasteiger partial charge on any atom is -0.381 e. The second-order valence-corrected chi connectivity index (χ2v) is 6.52. The van der Waals surface area contributed by atoms with Crippen LogP contribution < -0.4 is 10.0 Å². The molecule has 0 saturated carbocycles. The summed E-state index contributed by atoms with van der Waals surface area (Å²) in [4.78, 5) is 0. The molecule has 116 valence electrons. The average Bonchev–Trinajstić information content (AvgIpc) is 2.37. The molecular weight excluding hydrogens is 264 g/mol. The molecule has 0 bridgehead atoms. The summed E-state index contributed by atoms with van der Waals surface area (Å²) >= 11 is 0. The zero-order valence-corrected chi connectivity index (χ0v) is 13.2. The molecule has 2 N–H and O–H groups in total. The summed E-state index contributed by atoms with van der Waals surface area (Å²) in [6.07, 6.45) is 4.53. The van der Waals surface area contributed by atoms with E-state index in [1.165, 1.54) is 0 Å². The third-order valence-electron chi connectivity index (χ3n) is 2.70. The molecule has 5 nitrogen and oxygen atoms in total. The van der Waals surface area contributed by atoms with E-state index in [4.69, 9.17) is 4.74 Å². The summed E-state index contributed by atoms with van der Waals surface area (Å²) in [5.74, 6) is 0.217. The van der Waals surface area contributed by atoms with Gasteiger partial charge in [0.1, 0.15) is 0 Å². The van der Waals surface area contributed by atoms with E-state index in [2.05, 4.69) is 17.0 Å². The maximum absolute atomic E-state index is 11.6. The molecule has 0 amide bonds. The summed E-state index contributed by atoms with van der Waals surface area (Å²) in [6.45, 7) is 7.85. The largest absolute Gasteiger partial charge is 0.381 e. The number of ether oxygens (including phenoxy) is 1. The molecule has 0 radical (unpaired) electrons. The van der Waals surface area contributed by atoms with Crippen molar-refractivity contribution in [2.24, 2.45) is 0 Å². The third kappa shape index (κ3) is 14.1. The highest BCUT2D eigenvalue weighted by Crippen LogP contribution is 1.95. The lowest BCUT2D eigenvalue weighted by Gasteiger charge is -2.07. The van der Waals surface area contributed by atoms with Crippen molar-refractivity contribution >= 4 is 10.0 Å². The Morgan fingerprint density at radius 2 is 1.68 bits per heavy atom. The Kier molecular flexibility index (Phi) is 12.7. The molecule has 6 heteroatoms. The molecule has 0 unspecified atom stereocenters. The molecule has 0 rings (SSSR count). The summed E-state index contributed by atoms with van der Waals surface area (Å²) in [7, 11) is -3.10. The normalized spacial score (nSPS) is 11.9. The Balaban J connectivity index is 3.41. The van der Waals surface area contributed by atoms with Gasteiger partial charge in [0.05, 0.1) is 5.75 Å². The number of hydrogen-bond donors (Lipinski definition) is 2. The first-order valence-corrected chi connectivity index (χ1v) is 9.03. The monoisotopic (exact) mass is 294 g/mol. The molecule has 0 fully saturated rings. The molecular formula is C13H30N2O3S. The van der Waals surface area contributed by atoms with Gasteiger partial charge in [-0.1, -0.05) is 20.3 Å². The van der Waals surface area contributed by atoms with Gasteiger partial charge < -0.3 is 10.1 Å². The van der Waals surface area contributed by atoms with E-state index >= 15 is 0 Å². The van der Waals surface area contributed by atoms with Gasteiger partial charge >= 0.3 is 0 Å². The SMILES string of the molecule is CCCCOCCCNS(=O)(=O)CCCCNCC. The first kappa shape index (κ1) is 18.8. The third-order valence-corrected chi connectivity index (χ3v) is 4.17. The summed E-state index contributed by atoms with van der Waals surface area (Å²) in [5, 5.41) is 3.18. The van der Waals surface area contributed by atoms with Crippen LogP contribution in [-0.2, 0) is 14.8 Å². The number of rotatable bonds is 14. The van der Waals surface area contributed by atoms with E-state index < -0.39 is 10.0 Å². The highest BCUT2D eigenvalue weighted by molar-refractivity contribution is 7.89. The van der Waals surface area contributed by atoms with Gasteiger partial charge in [0.25, 0.3) is 0 Å². The zero-order chi connectivity index (χ0) is 14.4. The average molecular weight is 294 g/mol. The van der Waals surface area contributed by atoms with Crippen LogP contribution in [0.15, 0.2) is 0 Å². The smallest absolute Gasteiger partial charge is 0.211 e. The fraction of sp³-hybridized carbons (Fsp3) is 1.00. The Morgan fingerprint density at radius 1 is 0.947 bits per heavy atom. The van der Waals surface area contributed by atoms with E-state index in [9.17, 15) is 8.42 Å². The van der Waals surface area contributed by atoms with Gasteiger partial charge in [-0.3, -0.25) is 0 Å². The number of sulfonamides is 1. The van der Waals surface area contributed by atoms with Crippen molar-refractivity contribution < 1.29 is 13.2 Å². The molecule has 0 aliphatic carbocycles. The molecule has 0 aliphatic rings. The summed E-state index contributed by atoms with van der Waals surface area (Å²) < 4.78 is 31.2. The Labute approximate surface area is 118 Å². The van der Waals surface area contributed by atoms with Crippen molar-refractivity contribution in [1.82, 2.24) is 10.0 Å². The van der Waals surface area contributed by atoms with Crippen LogP contribution in [0.2, 0.25) is 0 Å². The van der Waals surface area contributed by atoms with E-state index in [0.29, 0.717) is 19.6 Å². The van der Waals surface area contributed by atoms with Crippen molar-refractivity contribution in [3.63, 3.8) is 0 Å². The van der Waals surface area contributed by atoms with Gasteiger partial charge in [-0.05, 0) is 38.8 Å². The van der Waals surface area contributed by atoms with Gasteiger partial charge in [-0.2, -0.15) is 0 Å². The molecule has 0 saturated heterocycles. The van der Waals surface area contributed by atoms with Crippen LogP contribution in [0.5, 0.6) is 0 Å². The number of hydrogen-bond acceptors (Lipinski definition) is 4. The highest BCUT2D eigenvalue weighted by Gasteiger charge is 2.08. The number of nitrogens with one attached hydrogen (secondary N) is 2. The topological polar surface area (TPSA) is 67.4 Å². The van der Waals surface area contributed by atoms with Crippen molar-refractivity contribution in [3.8, 4) is 0 Å². The molecule has 0 aliphatic heterocycles. The van der Waals surface area contributed by atoms with Gasteiger partial charge in [0.2, 0.25) is 10.0 Å². The molecule has 0 aromatic rings. The Hall–Kier alpha value is -0.170. The first-order chi connectivity index (χ1) is 9.12. The van der Waals surface area contributed by atoms with Crippen molar-refractivity contribution in [2.45, 2.75) is 46.0 Å². The fourth-order valence-corrected chi connectivity index (χ4v) is 2.73. The second-order valence-electron chi connectivity index (χ2n) is 4.59. The van der Waals surface area contributed by atoms with Crippen molar-refractivity contribution in [1.29, 1.82) is 0 Å². The lowest BCUT2D eigenvalue weighted by molar-refractivity contribution is 0.130. The fourth-order valence-electron chi connectivity index (χ4n) is 1.54. The van der Waals surface area contributed by atoms with Gasteiger partial charge in [0, 0.05) is 19.8 Å².